The van der Waals surface area contributed by atoms with Crippen molar-refractivity contribution in [2.45, 2.75) is 11.8 Å². The third kappa shape index (κ3) is 3.12. The van der Waals surface area contributed by atoms with Crippen molar-refractivity contribution in [3.05, 3.63) is 63.9 Å². The van der Waals surface area contributed by atoms with Crippen LogP contribution in [0.15, 0.2) is 42.6 Å². The summed E-state index contributed by atoms with van der Waals surface area (Å²) in [6.45, 7) is 0. The van der Waals surface area contributed by atoms with Crippen LogP contribution in [-0.4, -0.2) is 4.98 Å². The van der Waals surface area contributed by atoms with E-state index in [0.717, 1.165) is 11.3 Å². The van der Waals surface area contributed by atoms with E-state index in [1.807, 2.05) is 18.2 Å². The molecule has 0 fully saturated rings. The first-order valence-electron chi connectivity index (χ1n) is 5.16. The van der Waals surface area contributed by atoms with Gasteiger partial charge in [-0.05, 0) is 24.3 Å². The van der Waals surface area contributed by atoms with Gasteiger partial charge in [0.1, 0.15) is 0 Å². The zero-order valence-electron chi connectivity index (χ0n) is 8.91. The third-order valence-electron chi connectivity index (χ3n) is 2.43. The fourth-order valence-electron chi connectivity index (χ4n) is 1.61. The zero-order chi connectivity index (χ0) is 12.3. The van der Waals surface area contributed by atoms with E-state index in [1.54, 1.807) is 24.4 Å². The average Bonchev–Trinajstić information content (AvgIpc) is 2.30. The molecule has 0 radical (unpaired) electrons. The second-order valence-electron chi connectivity index (χ2n) is 3.63. The van der Waals surface area contributed by atoms with E-state index in [1.165, 1.54) is 0 Å². The van der Waals surface area contributed by atoms with Gasteiger partial charge in [0.05, 0.1) is 5.38 Å². The summed E-state index contributed by atoms with van der Waals surface area (Å²) in [5, 5.41) is 0.910. The predicted octanol–water partition coefficient (Wildman–Crippen LogP) is 4.91. The Labute approximate surface area is 115 Å². The van der Waals surface area contributed by atoms with Crippen molar-refractivity contribution in [3.63, 3.8) is 0 Å². The van der Waals surface area contributed by atoms with Crippen LogP contribution in [-0.2, 0) is 6.42 Å². The number of hydrogen-bond acceptors (Lipinski definition) is 1. The van der Waals surface area contributed by atoms with Crippen molar-refractivity contribution < 1.29 is 0 Å². The Bertz CT molecular complexity index is 479. The maximum Gasteiger partial charge on any atom is 0.0670 e. The highest BCUT2D eigenvalue weighted by molar-refractivity contribution is 6.37. The highest BCUT2D eigenvalue weighted by Gasteiger charge is 2.16. The number of nitrogens with zero attached hydrogens (tertiary/aromatic N) is 1. The Morgan fingerprint density at radius 2 is 1.71 bits per heavy atom. The smallest absolute Gasteiger partial charge is 0.0670 e. The third-order valence-corrected chi connectivity index (χ3v) is 3.46. The molecule has 4 heteroatoms. The van der Waals surface area contributed by atoms with E-state index in [4.69, 9.17) is 34.8 Å². The van der Waals surface area contributed by atoms with E-state index in [9.17, 15) is 0 Å². The highest BCUT2D eigenvalue weighted by Crippen LogP contribution is 2.35. The quantitative estimate of drug-likeness (QED) is 0.731. The first-order chi connectivity index (χ1) is 8.18. The van der Waals surface area contributed by atoms with Crippen LogP contribution in [0.2, 0.25) is 10.0 Å². The Morgan fingerprint density at radius 3 is 2.29 bits per heavy atom. The van der Waals surface area contributed by atoms with Gasteiger partial charge < -0.3 is 0 Å². The van der Waals surface area contributed by atoms with Crippen molar-refractivity contribution in [2.24, 2.45) is 0 Å². The molecule has 88 valence electrons. The second kappa shape index (κ2) is 5.72. The first-order valence-corrected chi connectivity index (χ1v) is 6.35. The number of aromatic nitrogens is 1. The fourth-order valence-corrected chi connectivity index (χ4v) is 2.78. The molecule has 1 atom stereocenters. The van der Waals surface area contributed by atoms with Gasteiger partial charge in [-0.15, -0.1) is 11.6 Å². The van der Waals surface area contributed by atoms with Crippen molar-refractivity contribution in [1.82, 2.24) is 4.98 Å². The largest absolute Gasteiger partial charge is 0.261 e. The Balaban J connectivity index is 2.23. The van der Waals surface area contributed by atoms with Crippen molar-refractivity contribution in [1.29, 1.82) is 0 Å². The molecule has 0 bridgehead atoms. The lowest BCUT2D eigenvalue weighted by Gasteiger charge is -2.12. The number of alkyl halides is 1. The molecular formula is C13H10Cl3N. The van der Waals surface area contributed by atoms with Gasteiger partial charge in [0, 0.05) is 33.9 Å². The second-order valence-corrected chi connectivity index (χ2v) is 4.97. The van der Waals surface area contributed by atoms with Crippen LogP contribution in [0.25, 0.3) is 0 Å². The summed E-state index contributed by atoms with van der Waals surface area (Å²) in [5.74, 6) is 0. The highest BCUT2D eigenvalue weighted by atomic mass is 35.5. The van der Waals surface area contributed by atoms with Gasteiger partial charge in [-0.25, -0.2) is 0 Å². The topological polar surface area (TPSA) is 12.9 Å². The lowest BCUT2D eigenvalue weighted by atomic mass is 10.1. The van der Waals surface area contributed by atoms with Crippen LogP contribution in [0.3, 0.4) is 0 Å². The molecule has 1 aromatic carbocycles. The molecular weight excluding hydrogens is 277 g/mol. The molecule has 0 amide bonds. The monoisotopic (exact) mass is 285 g/mol. The minimum absolute atomic E-state index is 0.272. The standard InChI is InChI=1S/C13H10Cl3N/c14-10-5-3-6-11(15)13(10)12(16)8-9-4-1-2-7-17-9/h1-7,12H,8H2. The SMILES string of the molecule is Clc1cccc(Cl)c1C(Cl)Cc1ccccn1. The van der Waals surface area contributed by atoms with E-state index in [0.29, 0.717) is 16.5 Å². The molecule has 0 saturated carbocycles. The lowest BCUT2D eigenvalue weighted by molar-refractivity contribution is 0.881. The summed E-state index contributed by atoms with van der Waals surface area (Å²) >= 11 is 18.5. The summed E-state index contributed by atoms with van der Waals surface area (Å²) in [5.41, 5.74) is 1.69. The molecule has 0 aliphatic carbocycles. The fraction of sp³-hybridized carbons (Fsp3) is 0.154. The van der Waals surface area contributed by atoms with E-state index >= 15 is 0 Å². The summed E-state index contributed by atoms with van der Waals surface area (Å²) in [7, 11) is 0. The van der Waals surface area contributed by atoms with Crippen molar-refractivity contribution in [3.8, 4) is 0 Å². The number of pyridine rings is 1. The molecule has 1 nitrogen and oxygen atoms in total. The molecule has 0 aliphatic heterocycles. The van der Waals surface area contributed by atoms with Crippen LogP contribution in [0, 0.1) is 0 Å². The number of halogens is 3. The van der Waals surface area contributed by atoms with Crippen LogP contribution >= 0.6 is 34.8 Å². The van der Waals surface area contributed by atoms with Crippen LogP contribution in [0.4, 0.5) is 0 Å². The number of benzene rings is 1. The minimum Gasteiger partial charge on any atom is -0.261 e. The maximum absolute atomic E-state index is 6.34. The first kappa shape index (κ1) is 12.7. The average molecular weight is 287 g/mol. The molecule has 0 saturated heterocycles. The van der Waals surface area contributed by atoms with Gasteiger partial charge in [0.15, 0.2) is 0 Å². The van der Waals surface area contributed by atoms with E-state index < -0.39 is 0 Å². The summed E-state index contributed by atoms with van der Waals surface area (Å²) < 4.78 is 0. The molecule has 1 heterocycles. The molecule has 2 aromatic rings. The Hall–Kier alpha value is -0.760. The van der Waals surface area contributed by atoms with Gasteiger partial charge in [-0.1, -0.05) is 35.3 Å². The zero-order valence-corrected chi connectivity index (χ0v) is 11.2. The number of hydrogen-bond donors (Lipinski definition) is 0. The van der Waals surface area contributed by atoms with Gasteiger partial charge in [0.2, 0.25) is 0 Å². The minimum atomic E-state index is -0.272. The lowest BCUT2D eigenvalue weighted by Crippen LogP contribution is -1.99. The molecule has 2 rings (SSSR count). The van der Waals surface area contributed by atoms with Crippen LogP contribution < -0.4 is 0 Å². The molecule has 0 N–H and O–H groups in total. The summed E-state index contributed by atoms with van der Waals surface area (Å²) in [6, 6.07) is 11.1. The van der Waals surface area contributed by atoms with Crippen molar-refractivity contribution >= 4 is 34.8 Å². The molecule has 0 spiro atoms. The van der Waals surface area contributed by atoms with E-state index in [2.05, 4.69) is 4.98 Å². The van der Waals surface area contributed by atoms with Gasteiger partial charge in [-0.3, -0.25) is 4.98 Å². The summed E-state index contributed by atoms with van der Waals surface area (Å²) in [6.07, 6.45) is 2.35. The molecule has 1 unspecified atom stereocenters. The molecule has 17 heavy (non-hydrogen) atoms. The van der Waals surface area contributed by atoms with Gasteiger partial charge >= 0.3 is 0 Å². The molecule has 0 aliphatic rings. The van der Waals surface area contributed by atoms with Crippen molar-refractivity contribution in [2.75, 3.05) is 0 Å². The Morgan fingerprint density at radius 1 is 1.00 bits per heavy atom. The summed E-state index contributed by atoms with van der Waals surface area (Å²) in [4.78, 5) is 4.23. The van der Waals surface area contributed by atoms with Crippen LogP contribution in [0.5, 0.6) is 0 Å². The normalized spacial score (nSPS) is 12.4. The predicted molar refractivity (Wildman–Crippen MR) is 73.0 cm³/mol. The van der Waals surface area contributed by atoms with E-state index in [-0.39, 0.29) is 5.38 Å². The number of rotatable bonds is 3. The van der Waals surface area contributed by atoms with Gasteiger partial charge in [0.25, 0.3) is 0 Å². The maximum atomic E-state index is 6.34. The van der Waals surface area contributed by atoms with Gasteiger partial charge in [-0.2, -0.15) is 0 Å². The Kier molecular flexibility index (Phi) is 4.27. The van der Waals surface area contributed by atoms with Crippen LogP contribution in [0.1, 0.15) is 16.6 Å². The molecule has 1 aromatic heterocycles.